The van der Waals surface area contributed by atoms with Gasteiger partial charge >= 0.3 is 0 Å². The largest absolute Gasteiger partial charge is 0.365 e. The van der Waals surface area contributed by atoms with Gasteiger partial charge in [0.15, 0.2) is 0 Å². The van der Waals surface area contributed by atoms with Crippen molar-refractivity contribution in [1.29, 1.82) is 0 Å². The fourth-order valence-corrected chi connectivity index (χ4v) is 2.98. The molecule has 3 rings (SSSR count). The van der Waals surface area contributed by atoms with E-state index >= 15 is 0 Å². The van der Waals surface area contributed by atoms with Gasteiger partial charge in [-0.05, 0) is 33.3 Å². The van der Waals surface area contributed by atoms with Crippen molar-refractivity contribution in [2.75, 3.05) is 20.3 Å². The lowest BCUT2D eigenvalue weighted by Gasteiger charge is -2.40. The molecule has 0 fully saturated rings. The summed E-state index contributed by atoms with van der Waals surface area (Å²) in [5.74, 6) is 1.09. The van der Waals surface area contributed by atoms with Crippen LogP contribution in [0.2, 0.25) is 0 Å². The van der Waals surface area contributed by atoms with Crippen LogP contribution in [0.4, 0.5) is 0 Å². The maximum absolute atomic E-state index is 6.11. The molecule has 0 amide bonds. The van der Waals surface area contributed by atoms with Gasteiger partial charge in [-0.15, -0.1) is 0 Å². The molecule has 3 heterocycles. The lowest BCUT2D eigenvalue weighted by atomic mass is 10.0. The van der Waals surface area contributed by atoms with Crippen LogP contribution in [0.1, 0.15) is 27.7 Å². The molecule has 0 saturated carbocycles. The first kappa shape index (κ1) is 15.1. The summed E-state index contributed by atoms with van der Waals surface area (Å²) in [6.07, 6.45) is 6.08. The Morgan fingerprint density at radius 3 is 2.77 bits per heavy atom. The van der Waals surface area contributed by atoms with Crippen LogP contribution < -0.4 is 0 Å². The fraction of sp³-hybridized carbons (Fsp3) is 0.562. The minimum Gasteiger partial charge on any atom is -0.365 e. The van der Waals surface area contributed by atoms with Gasteiger partial charge in [0.1, 0.15) is 24.3 Å². The van der Waals surface area contributed by atoms with E-state index in [2.05, 4.69) is 43.7 Å². The molecule has 1 unspecified atom stereocenters. The van der Waals surface area contributed by atoms with Crippen molar-refractivity contribution < 1.29 is 9.57 Å². The number of allylic oxidation sites excluding steroid dienone is 1. The summed E-state index contributed by atoms with van der Waals surface area (Å²) in [6.45, 7) is 9.90. The van der Waals surface area contributed by atoms with E-state index in [1.54, 1.807) is 12.2 Å². The zero-order valence-electron chi connectivity index (χ0n) is 13.9. The Labute approximate surface area is 131 Å². The van der Waals surface area contributed by atoms with Gasteiger partial charge in [0.2, 0.25) is 0 Å². The monoisotopic (exact) mass is 304 g/mol. The first-order valence-electron chi connectivity index (χ1n) is 7.74. The standard InChI is InChI=1S/C16H24N4O2/c1-6-18-8-12(4)15(22-11(2)3)14-16(18)20-10-19(21-5)9-13(20)7-17-14/h7-9,11,15H,6,10H2,1-5H3. The van der Waals surface area contributed by atoms with Crippen molar-refractivity contribution in [2.24, 2.45) is 4.99 Å². The topological polar surface area (TPSA) is 40.5 Å². The predicted molar refractivity (Wildman–Crippen MR) is 85.3 cm³/mol. The van der Waals surface area contributed by atoms with Gasteiger partial charge in [-0.3, -0.25) is 9.83 Å². The molecule has 0 N–H and O–H groups in total. The molecule has 0 bridgehead atoms. The molecule has 6 nitrogen and oxygen atoms in total. The van der Waals surface area contributed by atoms with E-state index in [-0.39, 0.29) is 12.2 Å². The van der Waals surface area contributed by atoms with Crippen LogP contribution in [-0.2, 0) is 9.57 Å². The Morgan fingerprint density at radius 2 is 2.14 bits per heavy atom. The highest BCUT2D eigenvalue weighted by molar-refractivity contribution is 5.81. The highest BCUT2D eigenvalue weighted by atomic mass is 16.7. The van der Waals surface area contributed by atoms with E-state index in [0.29, 0.717) is 6.67 Å². The van der Waals surface area contributed by atoms with Gasteiger partial charge < -0.3 is 14.5 Å². The maximum atomic E-state index is 6.11. The van der Waals surface area contributed by atoms with Gasteiger partial charge in [-0.2, -0.15) is 0 Å². The minimum absolute atomic E-state index is 0.0906. The second-order valence-corrected chi connectivity index (χ2v) is 5.91. The molecule has 0 aromatic heterocycles. The maximum Gasteiger partial charge on any atom is 0.139 e. The molecule has 3 aliphatic rings. The van der Waals surface area contributed by atoms with Crippen LogP contribution in [-0.4, -0.2) is 53.6 Å². The predicted octanol–water partition coefficient (Wildman–Crippen LogP) is 2.25. The van der Waals surface area contributed by atoms with E-state index in [4.69, 9.17) is 14.6 Å². The van der Waals surface area contributed by atoms with Gasteiger partial charge in [0, 0.05) is 12.7 Å². The quantitative estimate of drug-likeness (QED) is 0.797. The number of aliphatic imine (C=N–C) groups is 1. The average Bonchev–Trinajstić information content (AvgIpc) is 2.92. The Bertz CT molecular complexity index is 577. The highest BCUT2D eigenvalue weighted by Crippen LogP contribution is 2.36. The second kappa shape index (κ2) is 5.78. The van der Waals surface area contributed by atoms with Crippen molar-refractivity contribution in [1.82, 2.24) is 14.9 Å². The summed E-state index contributed by atoms with van der Waals surface area (Å²) in [6, 6.07) is 0. The first-order chi connectivity index (χ1) is 10.5. The molecule has 0 aromatic carbocycles. The van der Waals surface area contributed by atoms with Crippen LogP contribution in [0.3, 0.4) is 0 Å². The highest BCUT2D eigenvalue weighted by Gasteiger charge is 2.37. The summed E-state index contributed by atoms with van der Waals surface area (Å²) in [7, 11) is 1.68. The minimum atomic E-state index is -0.0906. The lowest BCUT2D eigenvalue weighted by molar-refractivity contribution is -0.0970. The summed E-state index contributed by atoms with van der Waals surface area (Å²) in [5.41, 5.74) is 3.20. The van der Waals surface area contributed by atoms with E-state index in [0.717, 1.165) is 23.8 Å². The van der Waals surface area contributed by atoms with Crippen LogP contribution in [0, 0.1) is 0 Å². The van der Waals surface area contributed by atoms with E-state index < -0.39 is 0 Å². The zero-order chi connectivity index (χ0) is 15.9. The van der Waals surface area contributed by atoms with Crippen LogP contribution >= 0.6 is 0 Å². The van der Waals surface area contributed by atoms with Crippen molar-refractivity contribution in [2.45, 2.75) is 39.9 Å². The second-order valence-electron chi connectivity index (χ2n) is 5.91. The number of ether oxygens (including phenoxy) is 1. The molecule has 3 aliphatic heterocycles. The zero-order valence-corrected chi connectivity index (χ0v) is 13.9. The Balaban J connectivity index is 2.00. The van der Waals surface area contributed by atoms with E-state index in [9.17, 15) is 0 Å². The molecule has 0 spiro atoms. The fourth-order valence-electron chi connectivity index (χ4n) is 2.98. The number of rotatable bonds is 4. The number of nitrogens with zero attached hydrogens (tertiary/aromatic N) is 4. The van der Waals surface area contributed by atoms with Gasteiger partial charge in [0.25, 0.3) is 0 Å². The number of fused-ring (bicyclic) bond motifs is 2. The van der Waals surface area contributed by atoms with Gasteiger partial charge in [0.05, 0.1) is 31.3 Å². The van der Waals surface area contributed by atoms with Gasteiger partial charge in [-0.25, -0.2) is 5.06 Å². The first-order valence-corrected chi connectivity index (χ1v) is 7.74. The van der Waals surface area contributed by atoms with Crippen molar-refractivity contribution >= 4 is 6.21 Å². The third kappa shape index (κ3) is 2.42. The molecule has 0 saturated heterocycles. The number of hydrogen-bond acceptors (Lipinski definition) is 6. The number of hydrogen-bond donors (Lipinski definition) is 0. The molecule has 120 valence electrons. The molecule has 0 aliphatic carbocycles. The Kier molecular flexibility index (Phi) is 3.97. The molecular formula is C16H24N4O2. The Hall–Kier alpha value is -1.79. The number of hydroxylamine groups is 2. The third-order valence-corrected chi connectivity index (χ3v) is 3.97. The van der Waals surface area contributed by atoms with E-state index in [1.807, 2.05) is 12.4 Å². The summed E-state index contributed by atoms with van der Waals surface area (Å²) in [5, 5.41) is 1.80. The summed E-state index contributed by atoms with van der Waals surface area (Å²) in [4.78, 5) is 14.5. The van der Waals surface area contributed by atoms with Crippen molar-refractivity contribution in [3.8, 4) is 0 Å². The van der Waals surface area contributed by atoms with Crippen molar-refractivity contribution in [3.63, 3.8) is 0 Å². The summed E-state index contributed by atoms with van der Waals surface area (Å²) < 4.78 is 6.11. The van der Waals surface area contributed by atoms with Crippen LogP contribution in [0.25, 0.3) is 0 Å². The lowest BCUT2D eigenvalue weighted by Crippen LogP contribution is -2.42. The smallest absolute Gasteiger partial charge is 0.139 e. The molecule has 1 atom stereocenters. The van der Waals surface area contributed by atoms with Crippen LogP contribution in [0.15, 0.2) is 40.2 Å². The average molecular weight is 304 g/mol. The third-order valence-electron chi connectivity index (χ3n) is 3.97. The van der Waals surface area contributed by atoms with Gasteiger partial charge in [-0.1, -0.05) is 0 Å². The van der Waals surface area contributed by atoms with Crippen molar-refractivity contribution in [3.05, 3.63) is 35.2 Å². The van der Waals surface area contributed by atoms with E-state index in [1.165, 1.54) is 5.57 Å². The molecular weight excluding hydrogens is 280 g/mol. The summed E-state index contributed by atoms with van der Waals surface area (Å²) >= 11 is 0. The molecule has 0 aromatic rings. The SMILES string of the molecule is CCN1C=C(C)C(OC(C)C)C2=C1N1CN(OC)C=C1C=N2. The molecule has 6 heteroatoms. The van der Waals surface area contributed by atoms with Crippen LogP contribution in [0.5, 0.6) is 0 Å². The molecule has 22 heavy (non-hydrogen) atoms. The normalized spacial score (nSPS) is 23.9. The molecule has 0 radical (unpaired) electrons. The Morgan fingerprint density at radius 1 is 1.36 bits per heavy atom.